The number of nitrogens with zero attached hydrogens (tertiary/aromatic N) is 1. The van der Waals surface area contributed by atoms with Crippen LogP contribution in [-0.2, 0) is 4.79 Å². The molecule has 0 aliphatic carbocycles. The molecule has 0 aliphatic heterocycles. The Morgan fingerprint density at radius 3 is 2.55 bits per heavy atom. The average Bonchev–Trinajstić information content (AvgIpc) is 2.46. The van der Waals surface area contributed by atoms with Gasteiger partial charge in [0.25, 0.3) is 0 Å². The third kappa shape index (κ3) is 4.95. The standard InChI is InChI=1S/C16H25N3O3/c1-6-7-11(2)19(4)16(21)18-13-8-9-15(22-5)14(10-13)17-12(3)20/h8-11H,6-7H2,1-5H3,(H,17,20)(H,18,21)/t11-/m1/s1. The summed E-state index contributed by atoms with van der Waals surface area (Å²) in [4.78, 5) is 25.1. The summed E-state index contributed by atoms with van der Waals surface area (Å²) in [7, 11) is 3.30. The van der Waals surface area contributed by atoms with Crippen LogP contribution in [0, 0.1) is 0 Å². The molecule has 0 spiro atoms. The highest BCUT2D eigenvalue weighted by Crippen LogP contribution is 2.28. The maximum absolute atomic E-state index is 12.2. The molecular formula is C16H25N3O3. The van der Waals surface area contributed by atoms with Crippen molar-refractivity contribution in [2.24, 2.45) is 0 Å². The van der Waals surface area contributed by atoms with E-state index in [1.807, 2.05) is 6.92 Å². The largest absolute Gasteiger partial charge is 0.495 e. The molecule has 3 amide bonds. The van der Waals surface area contributed by atoms with E-state index in [1.165, 1.54) is 14.0 Å². The third-order valence-corrected chi connectivity index (χ3v) is 3.45. The fourth-order valence-corrected chi connectivity index (χ4v) is 2.10. The van der Waals surface area contributed by atoms with E-state index < -0.39 is 0 Å². The molecule has 0 radical (unpaired) electrons. The predicted octanol–water partition coefficient (Wildman–Crippen LogP) is 3.31. The molecule has 0 bridgehead atoms. The minimum atomic E-state index is -0.199. The van der Waals surface area contributed by atoms with Crippen LogP contribution in [-0.4, -0.2) is 37.0 Å². The third-order valence-electron chi connectivity index (χ3n) is 3.45. The maximum atomic E-state index is 12.2. The Labute approximate surface area is 131 Å². The van der Waals surface area contributed by atoms with E-state index in [9.17, 15) is 9.59 Å². The van der Waals surface area contributed by atoms with Crippen LogP contribution in [0.3, 0.4) is 0 Å². The van der Waals surface area contributed by atoms with Gasteiger partial charge in [-0.15, -0.1) is 0 Å². The number of hydrogen-bond donors (Lipinski definition) is 2. The average molecular weight is 307 g/mol. The lowest BCUT2D eigenvalue weighted by molar-refractivity contribution is -0.114. The first-order valence-electron chi connectivity index (χ1n) is 7.38. The molecule has 0 saturated heterocycles. The van der Waals surface area contributed by atoms with Crippen molar-refractivity contribution in [1.82, 2.24) is 4.90 Å². The van der Waals surface area contributed by atoms with Crippen molar-refractivity contribution in [2.45, 2.75) is 39.7 Å². The molecule has 22 heavy (non-hydrogen) atoms. The van der Waals surface area contributed by atoms with E-state index in [2.05, 4.69) is 17.6 Å². The second-order valence-corrected chi connectivity index (χ2v) is 5.28. The van der Waals surface area contributed by atoms with Gasteiger partial charge in [0.05, 0.1) is 12.8 Å². The monoisotopic (exact) mass is 307 g/mol. The highest BCUT2D eigenvalue weighted by Gasteiger charge is 2.15. The van der Waals surface area contributed by atoms with Crippen molar-refractivity contribution in [2.75, 3.05) is 24.8 Å². The van der Waals surface area contributed by atoms with Crippen LogP contribution in [0.5, 0.6) is 5.75 Å². The van der Waals surface area contributed by atoms with Crippen molar-refractivity contribution in [3.05, 3.63) is 18.2 Å². The highest BCUT2D eigenvalue weighted by atomic mass is 16.5. The fraction of sp³-hybridized carbons (Fsp3) is 0.500. The Morgan fingerprint density at radius 2 is 2.00 bits per heavy atom. The molecule has 2 N–H and O–H groups in total. The molecule has 1 rings (SSSR count). The Balaban J connectivity index is 2.84. The van der Waals surface area contributed by atoms with E-state index in [4.69, 9.17) is 4.74 Å². The molecule has 0 aliphatic rings. The second-order valence-electron chi connectivity index (χ2n) is 5.28. The molecule has 122 valence electrons. The van der Waals surface area contributed by atoms with Crippen molar-refractivity contribution in [3.8, 4) is 5.75 Å². The van der Waals surface area contributed by atoms with Crippen LogP contribution >= 0.6 is 0 Å². The summed E-state index contributed by atoms with van der Waals surface area (Å²) in [6.07, 6.45) is 1.97. The smallest absolute Gasteiger partial charge is 0.321 e. The number of carbonyl (C=O) groups is 2. The van der Waals surface area contributed by atoms with Crippen LogP contribution in [0.1, 0.15) is 33.6 Å². The van der Waals surface area contributed by atoms with E-state index in [0.29, 0.717) is 17.1 Å². The lowest BCUT2D eigenvalue weighted by Gasteiger charge is -2.25. The summed E-state index contributed by atoms with van der Waals surface area (Å²) in [6, 6.07) is 5.10. The van der Waals surface area contributed by atoms with Gasteiger partial charge in [-0.05, 0) is 31.5 Å². The van der Waals surface area contributed by atoms with Crippen molar-refractivity contribution in [3.63, 3.8) is 0 Å². The summed E-state index contributed by atoms with van der Waals surface area (Å²) in [5.41, 5.74) is 1.13. The number of ether oxygens (including phenoxy) is 1. The van der Waals surface area contributed by atoms with E-state index in [0.717, 1.165) is 12.8 Å². The van der Waals surface area contributed by atoms with Crippen LogP contribution in [0.2, 0.25) is 0 Å². The zero-order chi connectivity index (χ0) is 16.7. The topological polar surface area (TPSA) is 70.7 Å². The van der Waals surface area contributed by atoms with Gasteiger partial charge in [0.2, 0.25) is 5.91 Å². The molecule has 6 nitrogen and oxygen atoms in total. The van der Waals surface area contributed by atoms with Gasteiger partial charge < -0.3 is 20.3 Å². The lowest BCUT2D eigenvalue weighted by Crippen LogP contribution is -2.38. The van der Waals surface area contributed by atoms with Gasteiger partial charge in [-0.3, -0.25) is 4.79 Å². The number of urea groups is 1. The molecular weight excluding hydrogens is 282 g/mol. The van der Waals surface area contributed by atoms with Crippen LogP contribution in [0.15, 0.2) is 18.2 Å². The first-order valence-corrected chi connectivity index (χ1v) is 7.38. The van der Waals surface area contributed by atoms with E-state index in [1.54, 1.807) is 30.1 Å². The van der Waals surface area contributed by atoms with Gasteiger partial charge in [-0.2, -0.15) is 0 Å². The molecule has 0 saturated carbocycles. The van der Waals surface area contributed by atoms with E-state index in [-0.39, 0.29) is 18.0 Å². The highest BCUT2D eigenvalue weighted by molar-refractivity contribution is 5.94. The van der Waals surface area contributed by atoms with Gasteiger partial charge >= 0.3 is 6.03 Å². The summed E-state index contributed by atoms with van der Waals surface area (Å²) in [6.45, 7) is 5.52. The molecule has 0 unspecified atom stereocenters. The van der Waals surface area contributed by atoms with Crippen LogP contribution in [0.25, 0.3) is 0 Å². The first-order chi connectivity index (χ1) is 10.4. The molecule has 1 aromatic rings. The number of nitrogens with one attached hydrogen (secondary N) is 2. The SMILES string of the molecule is CCC[C@@H](C)N(C)C(=O)Nc1ccc(OC)c(NC(C)=O)c1. The molecule has 0 heterocycles. The summed E-state index contributed by atoms with van der Waals surface area (Å²) in [5, 5.41) is 5.51. The fourth-order valence-electron chi connectivity index (χ4n) is 2.10. The summed E-state index contributed by atoms with van der Waals surface area (Å²) >= 11 is 0. The van der Waals surface area contributed by atoms with Crippen molar-refractivity contribution in [1.29, 1.82) is 0 Å². The number of rotatable bonds is 6. The Morgan fingerprint density at radius 1 is 1.32 bits per heavy atom. The molecule has 1 atom stereocenters. The zero-order valence-electron chi connectivity index (χ0n) is 13.9. The predicted molar refractivity (Wildman–Crippen MR) is 88.4 cm³/mol. The van der Waals surface area contributed by atoms with Crippen molar-refractivity contribution < 1.29 is 14.3 Å². The van der Waals surface area contributed by atoms with E-state index >= 15 is 0 Å². The second kappa shape index (κ2) is 8.26. The molecule has 6 heteroatoms. The molecule has 0 fully saturated rings. The Bertz CT molecular complexity index is 531. The van der Waals surface area contributed by atoms with Crippen LogP contribution < -0.4 is 15.4 Å². The summed E-state index contributed by atoms with van der Waals surface area (Å²) < 4.78 is 5.19. The number of benzene rings is 1. The summed E-state index contributed by atoms with van der Waals surface area (Å²) in [5.74, 6) is 0.344. The normalized spacial score (nSPS) is 11.5. The number of hydrogen-bond acceptors (Lipinski definition) is 3. The molecule has 1 aromatic carbocycles. The number of carbonyl (C=O) groups excluding carboxylic acids is 2. The minimum absolute atomic E-state index is 0.165. The van der Waals surface area contributed by atoms with Crippen LogP contribution in [0.4, 0.5) is 16.2 Å². The number of methoxy groups -OCH3 is 1. The van der Waals surface area contributed by atoms with Gasteiger partial charge in [-0.25, -0.2) is 4.79 Å². The minimum Gasteiger partial charge on any atom is -0.495 e. The van der Waals surface area contributed by atoms with Gasteiger partial charge in [0.1, 0.15) is 5.75 Å². The number of amides is 3. The van der Waals surface area contributed by atoms with Gasteiger partial charge in [-0.1, -0.05) is 13.3 Å². The Hall–Kier alpha value is -2.24. The quantitative estimate of drug-likeness (QED) is 0.847. The van der Waals surface area contributed by atoms with Crippen molar-refractivity contribution >= 4 is 23.3 Å². The first kappa shape index (κ1) is 17.8. The Kier molecular flexibility index (Phi) is 6.69. The number of anilines is 2. The molecule has 0 aromatic heterocycles. The maximum Gasteiger partial charge on any atom is 0.321 e. The van der Waals surface area contributed by atoms with Gasteiger partial charge in [0, 0.05) is 25.7 Å². The van der Waals surface area contributed by atoms with Gasteiger partial charge in [0.15, 0.2) is 0 Å². The lowest BCUT2D eigenvalue weighted by atomic mass is 10.2. The zero-order valence-corrected chi connectivity index (χ0v) is 13.9.